The molecule has 0 aliphatic heterocycles. The number of halogens is 2. The van der Waals surface area contributed by atoms with Gasteiger partial charge in [0.1, 0.15) is 13.4 Å². The maximum absolute atomic E-state index is 11.5. The number of ether oxygens (including phenoxy) is 1. The topological polar surface area (TPSA) is 56.2 Å². The molecule has 0 aliphatic carbocycles. The van der Waals surface area contributed by atoms with Gasteiger partial charge in [-0.15, -0.1) is 0 Å². The molecule has 0 spiro atoms. The molecule has 0 saturated carbocycles. The van der Waals surface area contributed by atoms with Crippen molar-refractivity contribution in [2.75, 3.05) is 13.7 Å². The number of likely N-dealkylation sites (N-methyl/N-ethyl adjacent to an activating group) is 1. The summed E-state index contributed by atoms with van der Waals surface area (Å²) >= 11 is 4.37. The van der Waals surface area contributed by atoms with E-state index in [1.165, 1.54) is 7.11 Å². The Kier molecular flexibility index (Phi) is 5.97. The fraction of sp³-hybridized carbons (Fsp3) is 0.556. The third-order valence-corrected chi connectivity index (χ3v) is 5.00. The average molecular weight is 449 g/mol. The van der Waals surface area contributed by atoms with Crippen LogP contribution < -0.4 is 5.32 Å². The first kappa shape index (κ1) is 14.2. The smallest absolute Gasteiger partial charge is 0.324 e. The number of nitrogens with zero attached hydrogens (tertiary/aromatic N) is 2. The minimum absolute atomic E-state index is 0.249. The predicted molar refractivity (Wildman–Crippen MR) is 77.1 cm³/mol. The first-order chi connectivity index (χ1) is 7.60. The molecule has 1 heterocycles. The maximum Gasteiger partial charge on any atom is 0.324 e. The lowest BCUT2D eigenvalue weighted by atomic mass is 10.3. The Balaban J connectivity index is 2.75. The summed E-state index contributed by atoms with van der Waals surface area (Å²) in [5.74, 6) is -0.249. The third-order valence-electron chi connectivity index (χ3n) is 2.05. The van der Waals surface area contributed by atoms with E-state index in [1.54, 1.807) is 6.33 Å². The molecule has 1 aromatic rings. The van der Waals surface area contributed by atoms with Gasteiger partial charge in [-0.05, 0) is 51.7 Å². The summed E-state index contributed by atoms with van der Waals surface area (Å²) in [5.41, 5.74) is 0. The lowest BCUT2D eigenvalue weighted by molar-refractivity contribution is -0.143. The van der Waals surface area contributed by atoms with Crippen molar-refractivity contribution in [1.82, 2.24) is 14.9 Å². The number of carbonyl (C=O) groups is 1. The van der Waals surface area contributed by atoms with E-state index in [1.807, 2.05) is 11.5 Å². The van der Waals surface area contributed by atoms with Crippen LogP contribution in [-0.2, 0) is 16.1 Å². The molecule has 7 heteroatoms. The van der Waals surface area contributed by atoms with Crippen molar-refractivity contribution in [3.63, 3.8) is 0 Å². The molecule has 1 N–H and O–H groups in total. The van der Waals surface area contributed by atoms with Crippen LogP contribution in [0.25, 0.3) is 0 Å². The molecule has 0 aliphatic rings. The highest BCUT2D eigenvalue weighted by molar-refractivity contribution is 14.1. The van der Waals surface area contributed by atoms with Gasteiger partial charge in [-0.25, -0.2) is 4.98 Å². The van der Waals surface area contributed by atoms with Gasteiger partial charge in [0.05, 0.1) is 20.0 Å². The summed E-state index contributed by atoms with van der Waals surface area (Å²) < 4.78 is 8.66. The molecule has 0 radical (unpaired) electrons. The molecule has 1 rings (SSSR count). The minimum Gasteiger partial charge on any atom is -0.468 e. The van der Waals surface area contributed by atoms with Crippen LogP contribution in [0.3, 0.4) is 0 Å². The van der Waals surface area contributed by atoms with Gasteiger partial charge >= 0.3 is 5.97 Å². The first-order valence-electron chi connectivity index (χ1n) is 4.77. The Bertz CT molecular complexity index is 368. The van der Waals surface area contributed by atoms with E-state index in [0.717, 1.165) is 13.9 Å². The molecule has 0 saturated heterocycles. The van der Waals surface area contributed by atoms with E-state index in [0.29, 0.717) is 6.54 Å². The van der Waals surface area contributed by atoms with Crippen molar-refractivity contribution < 1.29 is 9.53 Å². The Morgan fingerprint density at radius 2 is 2.38 bits per heavy atom. The number of carbonyl (C=O) groups excluding carboxylic acids is 1. The molecule has 1 unspecified atom stereocenters. The van der Waals surface area contributed by atoms with E-state index in [4.69, 9.17) is 4.74 Å². The van der Waals surface area contributed by atoms with Gasteiger partial charge in [-0.3, -0.25) is 4.79 Å². The highest BCUT2D eigenvalue weighted by Crippen LogP contribution is 2.13. The second kappa shape index (κ2) is 6.74. The summed E-state index contributed by atoms with van der Waals surface area (Å²) in [6, 6.07) is -0.325. The molecular formula is C9H13I2N3O2. The molecule has 1 aromatic heterocycles. The standard InChI is InChI=1S/C9H13I2N3O2/c1-3-12-6(9(15)16-2)4-14-5-13-7(10)8(14)11/h5-6,12H,3-4H2,1-2H3. The number of imidazole rings is 1. The van der Waals surface area contributed by atoms with Crippen LogP contribution >= 0.6 is 45.2 Å². The summed E-state index contributed by atoms with van der Waals surface area (Å²) in [6.07, 6.45) is 1.73. The van der Waals surface area contributed by atoms with Crippen molar-refractivity contribution in [1.29, 1.82) is 0 Å². The average Bonchev–Trinajstić information content (AvgIpc) is 2.59. The molecular weight excluding hydrogens is 436 g/mol. The van der Waals surface area contributed by atoms with E-state index in [9.17, 15) is 4.79 Å². The molecule has 1 atom stereocenters. The van der Waals surface area contributed by atoms with E-state index < -0.39 is 0 Å². The minimum atomic E-state index is -0.325. The van der Waals surface area contributed by atoms with Crippen LogP contribution in [0.15, 0.2) is 6.33 Å². The number of aromatic nitrogens is 2. The monoisotopic (exact) mass is 449 g/mol. The van der Waals surface area contributed by atoms with Crippen LogP contribution in [0.4, 0.5) is 0 Å². The predicted octanol–water partition coefficient (Wildman–Crippen LogP) is 1.24. The largest absolute Gasteiger partial charge is 0.468 e. The summed E-state index contributed by atoms with van der Waals surface area (Å²) in [5, 5.41) is 3.09. The van der Waals surface area contributed by atoms with Gasteiger partial charge in [-0.1, -0.05) is 6.92 Å². The number of esters is 1. The second-order valence-corrected chi connectivity index (χ2v) is 5.16. The number of methoxy groups -OCH3 is 1. The molecule has 0 bridgehead atoms. The van der Waals surface area contributed by atoms with E-state index in [-0.39, 0.29) is 12.0 Å². The Morgan fingerprint density at radius 1 is 1.69 bits per heavy atom. The van der Waals surface area contributed by atoms with Gasteiger partial charge in [0.25, 0.3) is 0 Å². The quantitative estimate of drug-likeness (QED) is 0.544. The van der Waals surface area contributed by atoms with Crippen molar-refractivity contribution in [3.05, 3.63) is 13.7 Å². The van der Waals surface area contributed by atoms with Crippen LogP contribution in [0.5, 0.6) is 0 Å². The third kappa shape index (κ3) is 3.55. The van der Waals surface area contributed by atoms with Gasteiger partial charge in [0.2, 0.25) is 0 Å². The second-order valence-electron chi connectivity index (χ2n) is 3.11. The van der Waals surface area contributed by atoms with E-state index >= 15 is 0 Å². The zero-order chi connectivity index (χ0) is 12.1. The Morgan fingerprint density at radius 3 is 2.81 bits per heavy atom. The van der Waals surface area contributed by atoms with E-state index in [2.05, 4.69) is 55.5 Å². The summed E-state index contributed by atoms with van der Waals surface area (Å²) in [7, 11) is 1.40. The van der Waals surface area contributed by atoms with Gasteiger partial charge in [0.15, 0.2) is 0 Å². The van der Waals surface area contributed by atoms with Gasteiger partial charge in [0, 0.05) is 0 Å². The van der Waals surface area contributed by atoms with Crippen molar-refractivity contribution in [2.24, 2.45) is 0 Å². The molecule has 5 nitrogen and oxygen atoms in total. The number of rotatable bonds is 5. The number of nitrogens with one attached hydrogen (secondary N) is 1. The van der Waals surface area contributed by atoms with Gasteiger partial charge < -0.3 is 14.6 Å². The fourth-order valence-corrected chi connectivity index (χ4v) is 2.17. The van der Waals surface area contributed by atoms with Gasteiger partial charge in [-0.2, -0.15) is 0 Å². The lowest BCUT2D eigenvalue weighted by Gasteiger charge is -2.16. The van der Waals surface area contributed by atoms with Crippen LogP contribution in [0, 0.1) is 7.40 Å². The number of hydrogen-bond acceptors (Lipinski definition) is 4. The SMILES string of the molecule is CCNC(Cn1cnc(I)c1I)C(=O)OC. The van der Waals surface area contributed by atoms with Crippen LogP contribution in [-0.4, -0.2) is 35.2 Å². The molecule has 0 fully saturated rings. The maximum atomic E-state index is 11.5. The fourth-order valence-electron chi connectivity index (χ4n) is 1.28. The Hall–Kier alpha value is 0.1000. The zero-order valence-corrected chi connectivity index (χ0v) is 13.4. The van der Waals surface area contributed by atoms with Crippen molar-refractivity contribution >= 4 is 51.2 Å². The van der Waals surface area contributed by atoms with Crippen LogP contribution in [0.1, 0.15) is 6.92 Å². The number of hydrogen-bond donors (Lipinski definition) is 1. The molecule has 0 aromatic carbocycles. The molecule has 90 valence electrons. The summed E-state index contributed by atoms with van der Waals surface area (Å²) in [4.78, 5) is 15.7. The normalized spacial score (nSPS) is 12.5. The zero-order valence-electron chi connectivity index (χ0n) is 9.04. The van der Waals surface area contributed by atoms with Crippen molar-refractivity contribution in [3.8, 4) is 0 Å². The van der Waals surface area contributed by atoms with Crippen molar-refractivity contribution in [2.45, 2.75) is 19.5 Å². The Labute approximate surface area is 122 Å². The highest BCUT2D eigenvalue weighted by atomic mass is 127. The van der Waals surface area contributed by atoms with Crippen LogP contribution in [0.2, 0.25) is 0 Å². The first-order valence-corrected chi connectivity index (χ1v) is 6.93. The summed E-state index contributed by atoms with van der Waals surface area (Å²) in [6.45, 7) is 3.22. The lowest BCUT2D eigenvalue weighted by Crippen LogP contribution is -2.41. The highest BCUT2D eigenvalue weighted by Gasteiger charge is 2.19. The molecule has 0 amide bonds. The molecule has 16 heavy (non-hydrogen) atoms.